The number of ether oxygens (including phenoxy) is 1. The van der Waals surface area contributed by atoms with Crippen LogP contribution in [0, 0.1) is 20.8 Å². The molecule has 1 fully saturated rings. The fraction of sp³-hybridized carbons (Fsp3) is 0.213. The van der Waals surface area contributed by atoms with Gasteiger partial charge in [-0.05, 0) is 129 Å². The maximum absolute atomic E-state index is 11.9. The number of amides is 1. The molecule has 1 N–H and O–H groups in total. The first-order valence-electron chi connectivity index (χ1n) is 18.4. The summed E-state index contributed by atoms with van der Waals surface area (Å²) in [5, 5.41) is 11.3. The normalized spacial score (nSPS) is 13.1. The number of carbonyl (C=O) groups excluding carboxylic acids is 1. The van der Waals surface area contributed by atoms with E-state index in [1.165, 1.54) is 36.3 Å². The molecular formula is C47H48BrNO3S3. The van der Waals surface area contributed by atoms with Crippen LogP contribution in [0.5, 0.6) is 0 Å². The number of piperidine rings is 1. The van der Waals surface area contributed by atoms with E-state index in [2.05, 4.69) is 158 Å². The van der Waals surface area contributed by atoms with Crippen molar-refractivity contribution in [3.8, 4) is 0 Å². The summed E-state index contributed by atoms with van der Waals surface area (Å²) in [6.07, 6.45) is 0.728. The summed E-state index contributed by atoms with van der Waals surface area (Å²) in [5.41, 5.74) is 3.85. The number of rotatable bonds is 8. The summed E-state index contributed by atoms with van der Waals surface area (Å²) < 4.78 is 6.22. The molecule has 0 bridgehead atoms. The Hall–Kier alpha value is -3.92. The van der Waals surface area contributed by atoms with E-state index >= 15 is 0 Å². The predicted octanol–water partition coefficient (Wildman–Crippen LogP) is 13.6. The zero-order valence-electron chi connectivity index (χ0n) is 31.8. The first kappa shape index (κ1) is 42.2. The van der Waals surface area contributed by atoms with Crippen LogP contribution in [-0.4, -0.2) is 35.8 Å². The van der Waals surface area contributed by atoms with Crippen LogP contribution in [0.25, 0.3) is 0 Å². The van der Waals surface area contributed by atoms with Crippen molar-refractivity contribution in [2.45, 2.75) is 75.5 Å². The van der Waals surface area contributed by atoms with Crippen molar-refractivity contribution in [1.29, 1.82) is 0 Å². The lowest BCUT2D eigenvalue weighted by molar-refractivity contribution is -0.0263. The Balaban J connectivity index is 0.000000170. The molecular weight excluding hydrogens is 803 g/mol. The Morgan fingerprint density at radius 1 is 0.600 bits per heavy atom. The predicted molar refractivity (Wildman–Crippen MR) is 235 cm³/mol. The van der Waals surface area contributed by atoms with Crippen LogP contribution < -0.4 is 0 Å². The highest BCUT2D eigenvalue weighted by atomic mass is 79.9. The minimum absolute atomic E-state index is 0.295. The van der Waals surface area contributed by atoms with Crippen molar-refractivity contribution in [3.05, 3.63) is 178 Å². The van der Waals surface area contributed by atoms with Gasteiger partial charge in [-0.1, -0.05) is 137 Å². The van der Waals surface area contributed by atoms with E-state index in [1.54, 1.807) is 47.1 Å². The molecule has 1 aliphatic heterocycles. The van der Waals surface area contributed by atoms with E-state index in [-0.39, 0.29) is 6.09 Å². The molecule has 0 aromatic heterocycles. The molecule has 1 aliphatic rings. The van der Waals surface area contributed by atoms with Gasteiger partial charge in [0.15, 0.2) is 0 Å². The highest BCUT2D eigenvalue weighted by Gasteiger charge is 2.37. The molecule has 0 atom stereocenters. The second-order valence-corrected chi connectivity index (χ2v) is 17.4. The average Bonchev–Trinajstić information content (AvgIpc) is 3.20. The maximum Gasteiger partial charge on any atom is 0.409 e. The van der Waals surface area contributed by atoms with Crippen molar-refractivity contribution in [2.24, 2.45) is 0 Å². The van der Waals surface area contributed by atoms with Crippen molar-refractivity contribution in [2.75, 3.05) is 19.7 Å². The number of hydrogen-bond acceptors (Lipinski definition) is 6. The Bertz CT molecular complexity index is 2070. The summed E-state index contributed by atoms with van der Waals surface area (Å²) >= 11 is 8.78. The Labute approximate surface area is 348 Å². The molecule has 1 saturated heterocycles. The van der Waals surface area contributed by atoms with Gasteiger partial charge in [-0.3, -0.25) is 0 Å². The van der Waals surface area contributed by atoms with Gasteiger partial charge in [0.25, 0.3) is 0 Å². The topological polar surface area (TPSA) is 49.8 Å². The molecule has 284 valence electrons. The van der Waals surface area contributed by atoms with Gasteiger partial charge in [0, 0.05) is 46.9 Å². The number of likely N-dealkylation sites (tertiary alicyclic amines) is 1. The number of hydrogen-bond donors (Lipinski definition) is 1. The van der Waals surface area contributed by atoms with E-state index in [1.807, 2.05) is 30.3 Å². The van der Waals surface area contributed by atoms with Crippen LogP contribution in [0.15, 0.2) is 186 Å². The maximum atomic E-state index is 11.9. The van der Waals surface area contributed by atoms with Gasteiger partial charge in [-0.25, -0.2) is 4.79 Å². The fourth-order valence-corrected chi connectivity index (χ4v) is 8.95. The number of benzene rings is 6. The summed E-state index contributed by atoms with van der Waals surface area (Å²) in [7, 11) is 0. The molecule has 0 aliphatic carbocycles. The molecule has 0 radical (unpaired) electrons. The third-order valence-corrected chi connectivity index (χ3v) is 13.0. The molecule has 1 amide bonds. The van der Waals surface area contributed by atoms with Gasteiger partial charge >= 0.3 is 6.09 Å². The number of halogens is 1. The minimum Gasteiger partial charge on any atom is -0.450 e. The van der Waals surface area contributed by atoms with Crippen LogP contribution >= 0.6 is 51.2 Å². The van der Waals surface area contributed by atoms with Crippen LogP contribution in [0.1, 0.15) is 42.0 Å². The van der Waals surface area contributed by atoms with Crippen LogP contribution in [-0.2, 0) is 10.3 Å². The Morgan fingerprint density at radius 2 is 1.02 bits per heavy atom. The van der Waals surface area contributed by atoms with Crippen molar-refractivity contribution in [1.82, 2.24) is 4.90 Å². The fourth-order valence-electron chi connectivity index (χ4n) is 5.71. The molecule has 7 rings (SSSR count). The quantitative estimate of drug-likeness (QED) is 0.165. The molecule has 4 nitrogen and oxygen atoms in total. The largest absolute Gasteiger partial charge is 0.450 e. The lowest BCUT2D eigenvalue weighted by atomic mass is 9.84. The molecule has 1 heterocycles. The van der Waals surface area contributed by atoms with Crippen LogP contribution in [0.4, 0.5) is 4.79 Å². The highest BCUT2D eigenvalue weighted by molar-refractivity contribution is 9.10. The minimum atomic E-state index is -0.919. The van der Waals surface area contributed by atoms with E-state index < -0.39 is 5.60 Å². The monoisotopic (exact) mass is 849 g/mol. The van der Waals surface area contributed by atoms with Gasteiger partial charge in [0.1, 0.15) is 0 Å². The molecule has 0 unspecified atom stereocenters. The third-order valence-electron chi connectivity index (χ3n) is 8.84. The van der Waals surface area contributed by atoms with Crippen LogP contribution in [0.3, 0.4) is 0 Å². The van der Waals surface area contributed by atoms with Gasteiger partial charge in [-0.2, -0.15) is 0 Å². The summed E-state index contributed by atoms with van der Waals surface area (Å²) in [6.45, 7) is 9.45. The number of aliphatic hydroxyl groups is 1. The molecule has 8 heteroatoms. The number of aryl methyl sites for hydroxylation is 3. The highest BCUT2D eigenvalue weighted by Crippen LogP contribution is 2.41. The Morgan fingerprint density at radius 3 is 1.53 bits per heavy atom. The summed E-state index contributed by atoms with van der Waals surface area (Å²) in [4.78, 5) is 20.9. The molecule has 0 spiro atoms. The van der Waals surface area contributed by atoms with Crippen LogP contribution in [0.2, 0.25) is 0 Å². The van der Waals surface area contributed by atoms with Gasteiger partial charge in [-0.15, -0.1) is 0 Å². The van der Waals surface area contributed by atoms with Crippen molar-refractivity contribution in [3.63, 3.8) is 0 Å². The second kappa shape index (κ2) is 21.4. The van der Waals surface area contributed by atoms with E-state index in [0.717, 1.165) is 19.8 Å². The van der Waals surface area contributed by atoms with E-state index in [4.69, 9.17) is 4.74 Å². The lowest BCUT2D eigenvalue weighted by Crippen LogP contribution is -2.45. The van der Waals surface area contributed by atoms with Gasteiger partial charge in [0.05, 0.1) is 12.2 Å². The smallest absolute Gasteiger partial charge is 0.409 e. The third kappa shape index (κ3) is 13.4. The zero-order chi connectivity index (χ0) is 39.0. The number of nitrogens with zero attached hydrogens (tertiary/aromatic N) is 1. The molecule has 6 aromatic rings. The average molecular weight is 851 g/mol. The Kier molecular flexibility index (Phi) is 16.4. The molecule has 55 heavy (non-hydrogen) atoms. The van der Waals surface area contributed by atoms with Crippen molar-refractivity contribution < 1.29 is 14.6 Å². The van der Waals surface area contributed by atoms with E-state index in [9.17, 15) is 9.90 Å². The summed E-state index contributed by atoms with van der Waals surface area (Å²) in [6, 6.07) is 52.3. The first-order chi connectivity index (χ1) is 26.6. The van der Waals surface area contributed by atoms with E-state index in [0.29, 0.717) is 32.5 Å². The second-order valence-electron chi connectivity index (χ2n) is 13.2. The van der Waals surface area contributed by atoms with Crippen molar-refractivity contribution >= 4 is 57.3 Å². The first-order valence-corrected chi connectivity index (χ1v) is 21.6. The number of carbonyl (C=O) groups is 1. The summed E-state index contributed by atoms with van der Waals surface area (Å²) in [5.74, 6) is 0. The SMILES string of the molecule is CCOC(=O)N1CCC(O)(c2ccccc2Sc2ccc(C)cc2)CC1.Cc1ccc(Sc2ccccc2)cc1.Cc1ccc(Sc2ccccc2Br)cc1. The van der Waals surface area contributed by atoms with Gasteiger partial charge < -0.3 is 14.7 Å². The molecule has 0 saturated carbocycles. The zero-order valence-corrected chi connectivity index (χ0v) is 35.8. The molecule has 6 aromatic carbocycles. The lowest BCUT2D eigenvalue weighted by Gasteiger charge is -2.38. The standard InChI is InChI=1S/C21H25NO3S.C13H11BrS.C13H12S/c1-3-25-20(23)22-14-12-21(24,13-15-22)18-6-4-5-7-19(18)26-17-10-8-16(2)9-11-17;1-10-6-8-11(9-7-10)15-13-5-3-2-4-12(13)14;1-11-7-9-13(10-8-11)14-12-5-3-2-4-6-12/h4-11,24H,3,12-15H2,1-2H3;2-9H,1H3;2-10H,1H3. The van der Waals surface area contributed by atoms with Gasteiger partial charge in [0.2, 0.25) is 0 Å².